The van der Waals surface area contributed by atoms with Crippen molar-refractivity contribution in [1.82, 2.24) is 15.1 Å². The Morgan fingerprint density at radius 1 is 1.28 bits per heavy atom. The summed E-state index contributed by atoms with van der Waals surface area (Å²) in [7, 11) is 0. The molecule has 3 rings (SSSR count). The van der Waals surface area contributed by atoms with Gasteiger partial charge in [0.1, 0.15) is 10.7 Å². The highest BCUT2D eigenvalue weighted by Crippen LogP contribution is 2.24. The van der Waals surface area contributed by atoms with Gasteiger partial charge in [-0.2, -0.15) is 5.10 Å². The average Bonchev–Trinajstić information content (AvgIpc) is 3.03. The molecule has 1 N–H and O–H groups in total. The zero-order chi connectivity index (χ0) is 20.8. The van der Waals surface area contributed by atoms with Gasteiger partial charge in [0.05, 0.1) is 11.4 Å². The predicted molar refractivity (Wildman–Crippen MR) is 112 cm³/mol. The molecule has 1 heterocycles. The van der Waals surface area contributed by atoms with Crippen molar-refractivity contribution >= 4 is 23.5 Å². The fourth-order valence-electron chi connectivity index (χ4n) is 3.37. The monoisotopic (exact) mass is 415 g/mol. The van der Waals surface area contributed by atoms with Crippen LogP contribution in [0.25, 0.3) is 5.69 Å². The molecule has 1 aliphatic rings. The summed E-state index contributed by atoms with van der Waals surface area (Å²) >= 11 is 6.38. The van der Waals surface area contributed by atoms with E-state index in [1.807, 2.05) is 30.3 Å². The Morgan fingerprint density at radius 3 is 2.72 bits per heavy atom. The first-order valence-corrected chi connectivity index (χ1v) is 10.3. The summed E-state index contributed by atoms with van der Waals surface area (Å²) in [6.45, 7) is 3.78. The van der Waals surface area contributed by atoms with E-state index in [4.69, 9.17) is 16.3 Å². The van der Waals surface area contributed by atoms with E-state index < -0.39 is 12.1 Å². The zero-order valence-corrected chi connectivity index (χ0v) is 17.5. The largest absolute Gasteiger partial charge is 0.449 e. The Hall–Kier alpha value is -2.60. The highest BCUT2D eigenvalue weighted by Gasteiger charge is 2.26. The molecule has 1 atom stereocenters. The topological polar surface area (TPSA) is 73.2 Å². The number of halogens is 1. The SMILES string of the molecule is Cc1nn(-c2ccccc2)c(Cl)c1C(=O)O[C@@H](C)C(=O)NCCC1=CCCCC1. The number of allylic oxidation sites excluding steroid dienone is 1. The number of carbonyl (C=O) groups excluding carboxylic acids is 2. The molecule has 1 amide bonds. The van der Waals surface area contributed by atoms with E-state index in [1.54, 1.807) is 13.8 Å². The Labute approximate surface area is 175 Å². The van der Waals surface area contributed by atoms with E-state index >= 15 is 0 Å². The number of para-hydroxylation sites is 1. The van der Waals surface area contributed by atoms with Crippen molar-refractivity contribution < 1.29 is 14.3 Å². The number of hydrogen-bond acceptors (Lipinski definition) is 4. The molecular formula is C22H26ClN3O3. The quantitative estimate of drug-likeness (QED) is 0.537. The highest BCUT2D eigenvalue weighted by atomic mass is 35.5. The number of nitrogens with one attached hydrogen (secondary N) is 1. The molecule has 0 fully saturated rings. The van der Waals surface area contributed by atoms with Crippen LogP contribution in [0.4, 0.5) is 0 Å². The van der Waals surface area contributed by atoms with Gasteiger partial charge in [-0.1, -0.05) is 41.4 Å². The average molecular weight is 416 g/mol. The lowest BCUT2D eigenvalue weighted by atomic mass is 9.97. The van der Waals surface area contributed by atoms with Gasteiger partial charge >= 0.3 is 5.97 Å². The number of aromatic nitrogens is 2. The smallest absolute Gasteiger partial charge is 0.344 e. The zero-order valence-electron chi connectivity index (χ0n) is 16.8. The maximum atomic E-state index is 12.6. The molecular weight excluding hydrogens is 390 g/mol. The lowest BCUT2D eigenvalue weighted by molar-refractivity contribution is -0.129. The summed E-state index contributed by atoms with van der Waals surface area (Å²) < 4.78 is 6.83. The number of esters is 1. The summed E-state index contributed by atoms with van der Waals surface area (Å²) in [5.41, 5.74) is 2.74. The number of carbonyl (C=O) groups is 2. The van der Waals surface area contributed by atoms with E-state index in [9.17, 15) is 9.59 Å². The third kappa shape index (κ3) is 5.26. The van der Waals surface area contributed by atoms with Crippen LogP contribution >= 0.6 is 11.6 Å². The summed E-state index contributed by atoms with van der Waals surface area (Å²) in [5.74, 6) is -0.980. The molecule has 1 aromatic carbocycles. The van der Waals surface area contributed by atoms with Crippen molar-refractivity contribution in [2.75, 3.05) is 6.54 Å². The van der Waals surface area contributed by atoms with Gasteiger partial charge in [-0.15, -0.1) is 0 Å². The molecule has 0 radical (unpaired) electrons. The van der Waals surface area contributed by atoms with E-state index in [0.29, 0.717) is 12.2 Å². The molecule has 0 aliphatic heterocycles. The van der Waals surface area contributed by atoms with Gasteiger partial charge in [0, 0.05) is 6.54 Å². The van der Waals surface area contributed by atoms with Gasteiger partial charge in [0.15, 0.2) is 6.10 Å². The van der Waals surface area contributed by atoms with E-state index in [2.05, 4.69) is 16.5 Å². The maximum Gasteiger partial charge on any atom is 0.344 e. The molecule has 7 heteroatoms. The summed E-state index contributed by atoms with van der Waals surface area (Å²) in [4.78, 5) is 24.9. The number of ether oxygens (including phenoxy) is 1. The van der Waals surface area contributed by atoms with Gasteiger partial charge in [-0.3, -0.25) is 4.79 Å². The number of amides is 1. The molecule has 1 aromatic heterocycles. The third-order valence-corrected chi connectivity index (χ3v) is 5.34. The first kappa shape index (κ1) is 21.1. The maximum absolute atomic E-state index is 12.6. The lowest BCUT2D eigenvalue weighted by Crippen LogP contribution is -2.36. The normalized spacial score (nSPS) is 14.8. The minimum Gasteiger partial charge on any atom is -0.449 e. The van der Waals surface area contributed by atoms with Crippen LogP contribution in [-0.2, 0) is 9.53 Å². The molecule has 0 saturated heterocycles. The van der Waals surface area contributed by atoms with Crippen molar-refractivity contribution in [2.24, 2.45) is 0 Å². The molecule has 6 nitrogen and oxygen atoms in total. The standard InChI is InChI=1S/C22H26ClN3O3/c1-15-19(20(23)26(25-15)18-11-7-4-8-12-18)22(28)29-16(2)21(27)24-14-13-17-9-5-3-6-10-17/h4,7-9,11-12,16H,3,5-6,10,13-14H2,1-2H3,(H,24,27)/t16-/m0/s1. The van der Waals surface area contributed by atoms with E-state index in [1.165, 1.54) is 23.1 Å². The van der Waals surface area contributed by atoms with Gasteiger partial charge in [0.2, 0.25) is 0 Å². The fourth-order valence-corrected chi connectivity index (χ4v) is 3.72. The highest BCUT2D eigenvalue weighted by molar-refractivity contribution is 6.33. The van der Waals surface area contributed by atoms with Gasteiger partial charge < -0.3 is 10.1 Å². The summed E-state index contributed by atoms with van der Waals surface area (Å²) in [5, 5.41) is 7.33. The Balaban J connectivity index is 1.58. The number of benzene rings is 1. The van der Waals surface area contributed by atoms with Gasteiger partial charge in [-0.25, -0.2) is 9.48 Å². The van der Waals surface area contributed by atoms with Crippen LogP contribution in [0.15, 0.2) is 42.0 Å². The molecule has 2 aromatic rings. The van der Waals surface area contributed by atoms with Crippen LogP contribution < -0.4 is 5.32 Å². The predicted octanol–water partition coefficient (Wildman–Crippen LogP) is 4.39. The number of aryl methyl sites for hydroxylation is 1. The van der Waals surface area contributed by atoms with Crippen LogP contribution in [0.1, 0.15) is 55.1 Å². The number of hydrogen-bond donors (Lipinski definition) is 1. The molecule has 0 unspecified atom stereocenters. The number of rotatable bonds is 7. The minimum absolute atomic E-state index is 0.163. The van der Waals surface area contributed by atoms with Crippen molar-refractivity contribution in [3.05, 3.63) is 58.4 Å². The third-order valence-electron chi connectivity index (χ3n) is 4.99. The Morgan fingerprint density at radius 2 is 2.03 bits per heavy atom. The molecule has 1 aliphatic carbocycles. The lowest BCUT2D eigenvalue weighted by Gasteiger charge is -2.15. The summed E-state index contributed by atoms with van der Waals surface area (Å²) in [6, 6.07) is 9.28. The number of nitrogens with zero attached hydrogens (tertiary/aromatic N) is 2. The second-order valence-electron chi connectivity index (χ2n) is 7.20. The Bertz CT molecular complexity index is 906. The van der Waals surface area contributed by atoms with Crippen molar-refractivity contribution in [1.29, 1.82) is 0 Å². The Kier molecular flexibility index (Phi) is 7.09. The van der Waals surface area contributed by atoms with Crippen molar-refractivity contribution in [3.63, 3.8) is 0 Å². The van der Waals surface area contributed by atoms with Crippen LogP contribution in [0, 0.1) is 6.92 Å². The van der Waals surface area contributed by atoms with Crippen LogP contribution in [0.3, 0.4) is 0 Å². The van der Waals surface area contributed by atoms with E-state index in [-0.39, 0.29) is 16.6 Å². The van der Waals surface area contributed by atoms with Gasteiger partial charge in [-0.05, 0) is 58.1 Å². The first-order chi connectivity index (χ1) is 14.0. The molecule has 0 bridgehead atoms. The fraction of sp³-hybridized carbons (Fsp3) is 0.409. The van der Waals surface area contributed by atoms with Crippen molar-refractivity contribution in [2.45, 2.75) is 52.1 Å². The van der Waals surface area contributed by atoms with Crippen LogP contribution in [-0.4, -0.2) is 34.3 Å². The molecule has 154 valence electrons. The molecule has 29 heavy (non-hydrogen) atoms. The first-order valence-electron chi connectivity index (χ1n) is 9.94. The minimum atomic E-state index is -0.918. The second kappa shape index (κ2) is 9.74. The second-order valence-corrected chi connectivity index (χ2v) is 7.55. The molecule has 0 saturated carbocycles. The van der Waals surface area contributed by atoms with Crippen LogP contribution in [0.2, 0.25) is 5.15 Å². The van der Waals surface area contributed by atoms with Crippen molar-refractivity contribution in [3.8, 4) is 5.69 Å². The van der Waals surface area contributed by atoms with Crippen LogP contribution in [0.5, 0.6) is 0 Å². The summed E-state index contributed by atoms with van der Waals surface area (Å²) in [6.07, 6.45) is 6.85. The van der Waals surface area contributed by atoms with E-state index in [0.717, 1.165) is 24.9 Å². The molecule has 0 spiro atoms. The van der Waals surface area contributed by atoms with Gasteiger partial charge in [0.25, 0.3) is 5.91 Å².